The molecule has 6 heteroatoms. The van der Waals surface area contributed by atoms with Crippen LogP contribution in [0.15, 0.2) is 12.5 Å². The molecular weight excluding hydrogens is 272 g/mol. The van der Waals surface area contributed by atoms with E-state index in [9.17, 15) is 4.79 Å². The molecule has 6 nitrogen and oxygen atoms in total. The summed E-state index contributed by atoms with van der Waals surface area (Å²) in [6.07, 6.45) is 9.56. The number of carbonyl (C=O) groups is 1. The quantitative estimate of drug-likeness (QED) is 0.476. The number of ketones is 1. The van der Waals surface area contributed by atoms with Gasteiger partial charge in [-0.05, 0) is 13.3 Å². The van der Waals surface area contributed by atoms with Crippen LogP contribution in [0.2, 0.25) is 0 Å². The van der Waals surface area contributed by atoms with Crippen LogP contribution in [0.4, 0.5) is 0 Å². The molecule has 0 saturated heterocycles. The first kappa shape index (κ1) is 19.8. The molecule has 0 aliphatic carbocycles. The van der Waals surface area contributed by atoms with Gasteiger partial charge in [-0.3, -0.25) is 4.79 Å². The van der Waals surface area contributed by atoms with Crippen LogP contribution in [0.5, 0.6) is 0 Å². The number of Topliss-reactive ketones (excluding diaryl/α,β-unsaturated/α-hetero) is 1. The standard InChI is InChI=1S/C12H22N2O.C3H6O3/c1-2-3-4-5-6-7-8-14-11-13-9-12(14)10-15;1-2(4)3(5)6/h9,11,15H,2-8,10H2,1H3;3,5-6H,1H3. The first-order chi connectivity index (χ1) is 10.0. The van der Waals surface area contributed by atoms with Crippen LogP contribution in [-0.2, 0) is 17.9 Å². The van der Waals surface area contributed by atoms with Crippen molar-refractivity contribution in [2.24, 2.45) is 0 Å². The Morgan fingerprint density at radius 3 is 2.33 bits per heavy atom. The molecule has 0 radical (unpaired) electrons. The second kappa shape index (κ2) is 12.5. The predicted molar refractivity (Wildman–Crippen MR) is 80.4 cm³/mol. The van der Waals surface area contributed by atoms with Gasteiger partial charge in [-0.25, -0.2) is 4.98 Å². The van der Waals surface area contributed by atoms with E-state index in [1.54, 1.807) is 12.5 Å². The van der Waals surface area contributed by atoms with Gasteiger partial charge in [-0.1, -0.05) is 39.0 Å². The molecule has 0 bridgehead atoms. The van der Waals surface area contributed by atoms with Gasteiger partial charge >= 0.3 is 0 Å². The minimum atomic E-state index is -1.79. The summed E-state index contributed by atoms with van der Waals surface area (Å²) < 4.78 is 2.04. The molecule has 122 valence electrons. The largest absolute Gasteiger partial charge is 0.390 e. The lowest BCUT2D eigenvalue weighted by molar-refractivity contribution is -0.142. The van der Waals surface area contributed by atoms with Gasteiger partial charge < -0.3 is 19.9 Å². The summed E-state index contributed by atoms with van der Waals surface area (Å²) in [6, 6.07) is 0. The van der Waals surface area contributed by atoms with Crippen LogP contribution in [0.3, 0.4) is 0 Å². The SMILES string of the molecule is CC(=O)C(O)O.CCCCCCCCn1cncc1CO. The average molecular weight is 300 g/mol. The lowest BCUT2D eigenvalue weighted by atomic mass is 10.1. The second-order valence-electron chi connectivity index (χ2n) is 4.99. The molecule has 0 aromatic carbocycles. The number of unbranched alkanes of at least 4 members (excludes halogenated alkanes) is 5. The Labute approximate surface area is 126 Å². The molecule has 1 aromatic heterocycles. The first-order valence-electron chi connectivity index (χ1n) is 7.49. The predicted octanol–water partition coefficient (Wildman–Crippen LogP) is 1.62. The number of rotatable bonds is 9. The molecule has 0 aliphatic rings. The van der Waals surface area contributed by atoms with E-state index in [0.29, 0.717) is 0 Å². The topological polar surface area (TPSA) is 95.6 Å². The van der Waals surface area contributed by atoms with Gasteiger partial charge in [-0.2, -0.15) is 0 Å². The maximum Gasteiger partial charge on any atom is 0.212 e. The summed E-state index contributed by atoms with van der Waals surface area (Å²) in [5.74, 6) is -0.630. The molecule has 3 N–H and O–H groups in total. The molecule has 1 aromatic rings. The zero-order chi connectivity index (χ0) is 16.1. The lowest BCUT2D eigenvalue weighted by Crippen LogP contribution is -2.14. The van der Waals surface area contributed by atoms with E-state index in [1.165, 1.54) is 38.5 Å². The van der Waals surface area contributed by atoms with Crippen molar-refractivity contribution in [3.8, 4) is 0 Å². The highest BCUT2D eigenvalue weighted by Crippen LogP contribution is 2.07. The number of aliphatic hydroxyl groups excluding tert-OH is 2. The van der Waals surface area contributed by atoms with E-state index in [-0.39, 0.29) is 6.61 Å². The molecule has 1 rings (SSSR count). The number of hydrogen-bond acceptors (Lipinski definition) is 5. The van der Waals surface area contributed by atoms with Crippen LogP contribution in [0, 0.1) is 0 Å². The maximum atomic E-state index is 9.64. The van der Waals surface area contributed by atoms with Crippen LogP contribution in [-0.4, -0.2) is 36.9 Å². The molecule has 0 amide bonds. The summed E-state index contributed by atoms with van der Waals surface area (Å²) in [7, 11) is 0. The van der Waals surface area contributed by atoms with Crippen LogP contribution in [0.1, 0.15) is 58.1 Å². The number of nitrogens with zero attached hydrogens (tertiary/aromatic N) is 2. The van der Waals surface area contributed by atoms with Gasteiger partial charge in [0.05, 0.1) is 24.8 Å². The molecule has 1 heterocycles. The van der Waals surface area contributed by atoms with Gasteiger partial charge in [0, 0.05) is 6.54 Å². The number of aliphatic hydroxyl groups is 3. The third-order valence-electron chi connectivity index (χ3n) is 3.08. The van der Waals surface area contributed by atoms with Crippen molar-refractivity contribution in [1.82, 2.24) is 9.55 Å². The Hall–Kier alpha value is -1.24. The highest BCUT2D eigenvalue weighted by molar-refractivity contribution is 5.78. The highest BCUT2D eigenvalue weighted by atomic mass is 16.5. The normalized spacial score (nSPS) is 10.4. The minimum Gasteiger partial charge on any atom is -0.390 e. The smallest absolute Gasteiger partial charge is 0.212 e. The van der Waals surface area contributed by atoms with E-state index in [1.807, 2.05) is 4.57 Å². The van der Waals surface area contributed by atoms with Gasteiger partial charge in [0.2, 0.25) is 6.29 Å². The van der Waals surface area contributed by atoms with Crippen LogP contribution < -0.4 is 0 Å². The third-order valence-corrected chi connectivity index (χ3v) is 3.08. The van der Waals surface area contributed by atoms with Gasteiger partial charge in [0.15, 0.2) is 5.78 Å². The number of aryl methyl sites for hydroxylation is 1. The number of carbonyl (C=O) groups excluding carboxylic acids is 1. The van der Waals surface area contributed by atoms with E-state index >= 15 is 0 Å². The van der Waals surface area contributed by atoms with E-state index < -0.39 is 12.1 Å². The van der Waals surface area contributed by atoms with Crippen LogP contribution >= 0.6 is 0 Å². The van der Waals surface area contributed by atoms with Crippen molar-refractivity contribution in [1.29, 1.82) is 0 Å². The Morgan fingerprint density at radius 1 is 1.24 bits per heavy atom. The second-order valence-corrected chi connectivity index (χ2v) is 4.99. The zero-order valence-electron chi connectivity index (χ0n) is 13.0. The molecular formula is C15H28N2O4. The van der Waals surface area contributed by atoms with Crippen molar-refractivity contribution in [2.45, 2.75) is 71.8 Å². The van der Waals surface area contributed by atoms with Crippen molar-refractivity contribution in [3.05, 3.63) is 18.2 Å². The number of hydrogen-bond donors (Lipinski definition) is 3. The van der Waals surface area contributed by atoms with E-state index in [0.717, 1.165) is 19.2 Å². The molecule has 0 unspecified atom stereocenters. The molecule has 21 heavy (non-hydrogen) atoms. The van der Waals surface area contributed by atoms with Gasteiger partial charge in [-0.15, -0.1) is 0 Å². The Bertz CT molecular complexity index is 378. The summed E-state index contributed by atoms with van der Waals surface area (Å²) in [5, 5.41) is 24.7. The molecule has 0 saturated carbocycles. The number of aromatic nitrogens is 2. The Kier molecular flexibility index (Phi) is 11.8. The Balaban J connectivity index is 0.000000567. The fraction of sp³-hybridized carbons (Fsp3) is 0.733. The maximum absolute atomic E-state index is 9.64. The molecule has 0 fully saturated rings. The molecule has 0 aliphatic heterocycles. The minimum absolute atomic E-state index is 0.0931. The average Bonchev–Trinajstić information content (AvgIpc) is 2.90. The molecule has 0 atom stereocenters. The fourth-order valence-electron chi connectivity index (χ4n) is 1.74. The summed E-state index contributed by atoms with van der Waals surface area (Å²) in [4.78, 5) is 13.7. The van der Waals surface area contributed by atoms with Crippen molar-refractivity contribution < 1.29 is 20.1 Å². The summed E-state index contributed by atoms with van der Waals surface area (Å²) in [5.41, 5.74) is 0.920. The van der Waals surface area contributed by atoms with Gasteiger partial charge in [0.1, 0.15) is 0 Å². The lowest BCUT2D eigenvalue weighted by Gasteiger charge is -2.05. The summed E-state index contributed by atoms with van der Waals surface area (Å²) in [6.45, 7) is 4.42. The van der Waals surface area contributed by atoms with Crippen molar-refractivity contribution in [3.63, 3.8) is 0 Å². The number of imidazole rings is 1. The molecule has 0 spiro atoms. The van der Waals surface area contributed by atoms with Crippen LogP contribution in [0.25, 0.3) is 0 Å². The van der Waals surface area contributed by atoms with E-state index in [2.05, 4.69) is 11.9 Å². The monoisotopic (exact) mass is 300 g/mol. The summed E-state index contributed by atoms with van der Waals surface area (Å²) >= 11 is 0. The third kappa shape index (κ3) is 10.2. The van der Waals surface area contributed by atoms with Gasteiger partial charge in [0.25, 0.3) is 0 Å². The Morgan fingerprint density at radius 2 is 1.81 bits per heavy atom. The highest BCUT2D eigenvalue weighted by Gasteiger charge is 2.00. The van der Waals surface area contributed by atoms with E-state index in [4.69, 9.17) is 15.3 Å². The first-order valence-corrected chi connectivity index (χ1v) is 7.49. The fourth-order valence-corrected chi connectivity index (χ4v) is 1.74. The van der Waals surface area contributed by atoms with Crippen molar-refractivity contribution in [2.75, 3.05) is 0 Å². The van der Waals surface area contributed by atoms with Crippen molar-refractivity contribution >= 4 is 5.78 Å². The zero-order valence-corrected chi connectivity index (χ0v) is 13.0.